The van der Waals surface area contributed by atoms with Crippen LogP contribution in [0.15, 0.2) is 23.3 Å². The molecular formula is C14H21N3O2. The van der Waals surface area contributed by atoms with Gasteiger partial charge in [-0.05, 0) is 19.4 Å². The SMILES string of the molecule is CCN1CCC(N(C)C(=O)c2c[nH]ccc2=O)CC1. The number of pyridine rings is 1. The van der Waals surface area contributed by atoms with Crippen LogP contribution in [0.3, 0.4) is 0 Å². The van der Waals surface area contributed by atoms with Gasteiger partial charge in [0.15, 0.2) is 5.43 Å². The van der Waals surface area contributed by atoms with E-state index in [0.29, 0.717) is 0 Å². The van der Waals surface area contributed by atoms with Gasteiger partial charge in [0.1, 0.15) is 5.56 Å². The second-order valence-corrected chi connectivity index (χ2v) is 5.00. The normalized spacial score (nSPS) is 17.4. The minimum absolute atomic E-state index is 0.184. The van der Waals surface area contributed by atoms with Crippen molar-refractivity contribution in [3.63, 3.8) is 0 Å². The standard InChI is InChI=1S/C14H21N3O2/c1-3-17-8-5-11(6-9-17)16(2)14(19)12-10-15-7-4-13(12)18/h4,7,10-11H,3,5-6,8-9H2,1-2H3,(H,15,18). The fourth-order valence-corrected chi connectivity index (χ4v) is 2.56. The molecule has 1 aliphatic rings. The summed E-state index contributed by atoms with van der Waals surface area (Å²) in [5.74, 6) is -0.184. The maximum absolute atomic E-state index is 12.3. The molecule has 5 nitrogen and oxygen atoms in total. The average Bonchev–Trinajstić information content (AvgIpc) is 2.46. The number of amides is 1. The van der Waals surface area contributed by atoms with Crippen molar-refractivity contribution in [2.45, 2.75) is 25.8 Å². The Balaban J connectivity index is 2.04. The van der Waals surface area contributed by atoms with Crippen LogP contribution in [-0.4, -0.2) is 53.4 Å². The number of aromatic amines is 1. The molecule has 0 aliphatic carbocycles. The predicted molar refractivity (Wildman–Crippen MR) is 74.3 cm³/mol. The van der Waals surface area contributed by atoms with Crippen molar-refractivity contribution >= 4 is 5.91 Å². The van der Waals surface area contributed by atoms with E-state index in [1.165, 1.54) is 12.3 Å². The molecule has 0 spiro atoms. The first-order valence-electron chi connectivity index (χ1n) is 6.80. The van der Waals surface area contributed by atoms with Crippen molar-refractivity contribution in [2.75, 3.05) is 26.7 Å². The van der Waals surface area contributed by atoms with Crippen LogP contribution in [0.25, 0.3) is 0 Å². The summed E-state index contributed by atoms with van der Waals surface area (Å²) in [7, 11) is 1.79. The van der Waals surface area contributed by atoms with E-state index in [-0.39, 0.29) is 22.9 Å². The van der Waals surface area contributed by atoms with E-state index < -0.39 is 0 Å². The third kappa shape index (κ3) is 3.04. The first-order valence-corrected chi connectivity index (χ1v) is 6.80. The van der Waals surface area contributed by atoms with Gasteiger partial charge in [-0.15, -0.1) is 0 Å². The van der Waals surface area contributed by atoms with Crippen LogP contribution in [0.4, 0.5) is 0 Å². The molecule has 1 aromatic rings. The van der Waals surface area contributed by atoms with Gasteiger partial charge in [0, 0.05) is 44.6 Å². The molecule has 1 aliphatic heterocycles. The summed E-state index contributed by atoms with van der Waals surface area (Å²) in [6.45, 7) is 5.25. The molecule has 0 atom stereocenters. The van der Waals surface area contributed by atoms with E-state index in [2.05, 4.69) is 16.8 Å². The van der Waals surface area contributed by atoms with Crippen molar-refractivity contribution in [1.29, 1.82) is 0 Å². The van der Waals surface area contributed by atoms with Crippen LogP contribution in [0.1, 0.15) is 30.1 Å². The van der Waals surface area contributed by atoms with Gasteiger partial charge in [0.05, 0.1) is 0 Å². The highest BCUT2D eigenvalue weighted by atomic mass is 16.2. The van der Waals surface area contributed by atoms with E-state index in [0.717, 1.165) is 32.5 Å². The molecule has 19 heavy (non-hydrogen) atoms. The molecule has 1 fully saturated rings. The molecular weight excluding hydrogens is 242 g/mol. The summed E-state index contributed by atoms with van der Waals surface area (Å²) in [4.78, 5) is 30.9. The molecule has 2 rings (SSSR count). The van der Waals surface area contributed by atoms with E-state index in [1.54, 1.807) is 18.1 Å². The smallest absolute Gasteiger partial charge is 0.259 e. The quantitative estimate of drug-likeness (QED) is 0.882. The Morgan fingerprint density at radius 3 is 2.74 bits per heavy atom. The van der Waals surface area contributed by atoms with Gasteiger partial charge in [0.2, 0.25) is 0 Å². The molecule has 1 aromatic heterocycles. The number of hydrogen-bond donors (Lipinski definition) is 1. The third-order valence-corrected chi connectivity index (χ3v) is 3.93. The number of hydrogen-bond acceptors (Lipinski definition) is 3. The summed E-state index contributed by atoms with van der Waals surface area (Å²) < 4.78 is 0. The second kappa shape index (κ2) is 6.02. The lowest BCUT2D eigenvalue weighted by molar-refractivity contribution is 0.0645. The number of rotatable bonds is 3. The zero-order chi connectivity index (χ0) is 13.8. The third-order valence-electron chi connectivity index (χ3n) is 3.93. The highest BCUT2D eigenvalue weighted by molar-refractivity contribution is 5.93. The Kier molecular flexibility index (Phi) is 4.37. The van der Waals surface area contributed by atoms with E-state index in [4.69, 9.17) is 0 Å². The topological polar surface area (TPSA) is 56.4 Å². The largest absolute Gasteiger partial charge is 0.367 e. The predicted octanol–water partition coefficient (Wildman–Crippen LogP) is 0.931. The van der Waals surface area contributed by atoms with Crippen molar-refractivity contribution < 1.29 is 4.79 Å². The van der Waals surface area contributed by atoms with Gasteiger partial charge in [-0.3, -0.25) is 9.59 Å². The van der Waals surface area contributed by atoms with Crippen LogP contribution in [0.5, 0.6) is 0 Å². The fraction of sp³-hybridized carbons (Fsp3) is 0.571. The van der Waals surface area contributed by atoms with Crippen LogP contribution in [0, 0.1) is 0 Å². The fourth-order valence-electron chi connectivity index (χ4n) is 2.56. The van der Waals surface area contributed by atoms with E-state index in [1.807, 2.05) is 0 Å². The van der Waals surface area contributed by atoms with Crippen LogP contribution in [0.2, 0.25) is 0 Å². The number of carbonyl (C=O) groups excluding carboxylic acids is 1. The van der Waals surface area contributed by atoms with Crippen LogP contribution in [-0.2, 0) is 0 Å². The lowest BCUT2D eigenvalue weighted by atomic mass is 10.0. The Bertz CT molecular complexity index is 489. The van der Waals surface area contributed by atoms with Gasteiger partial charge < -0.3 is 14.8 Å². The first-order chi connectivity index (χ1) is 9.13. The van der Waals surface area contributed by atoms with E-state index in [9.17, 15) is 9.59 Å². The molecule has 1 saturated heterocycles. The van der Waals surface area contributed by atoms with Crippen LogP contribution >= 0.6 is 0 Å². The maximum Gasteiger partial charge on any atom is 0.259 e. The van der Waals surface area contributed by atoms with Gasteiger partial charge in [-0.25, -0.2) is 0 Å². The monoisotopic (exact) mass is 263 g/mol. The molecule has 0 saturated carbocycles. The average molecular weight is 263 g/mol. The second-order valence-electron chi connectivity index (χ2n) is 5.00. The zero-order valence-corrected chi connectivity index (χ0v) is 11.6. The summed E-state index contributed by atoms with van der Waals surface area (Å²) in [6, 6.07) is 1.62. The summed E-state index contributed by atoms with van der Waals surface area (Å²) in [5.41, 5.74) is 0.00418. The lowest BCUT2D eigenvalue weighted by Crippen LogP contribution is -2.46. The maximum atomic E-state index is 12.3. The first kappa shape index (κ1) is 13.8. The number of aromatic nitrogens is 1. The highest BCUT2D eigenvalue weighted by Crippen LogP contribution is 2.16. The minimum Gasteiger partial charge on any atom is -0.367 e. The number of H-pyrrole nitrogens is 1. The number of likely N-dealkylation sites (tertiary alicyclic amines) is 1. The summed E-state index contributed by atoms with van der Waals surface area (Å²) in [5, 5.41) is 0. The van der Waals surface area contributed by atoms with Crippen LogP contribution < -0.4 is 5.43 Å². The molecule has 5 heteroatoms. The van der Waals surface area contributed by atoms with Crippen molar-refractivity contribution in [3.8, 4) is 0 Å². The van der Waals surface area contributed by atoms with Gasteiger partial charge in [-0.1, -0.05) is 6.92 Å². The lowest BCUT2D eigenvalue weighted by Gasteiger charge is -2.36. The van der Waals surface area contributed by atoms with Crippen molar-refractivity contribution in [3.05, 3.63) is 34.2 Å². The van der Waals surface area contributed by atoms with Crippen molar-refractivity contribution in [2.24, 2.45) is 0 Å². The molecule has 0 radical (unpaired) electrons. The molecule has 1 amide bonds. The Labute approximate surface area is 113 Å². The Hall–Kier alpha value is -1.62. The number of nitrogens with one attached hydrogen (secondary N) is 1. The molecule has 104 valence electrons. The highest BCUT2D eigenvalue weighted by Gasteiger charge is 2.26. The molecule has 0 bridgehead atoms. The molecule has 2 heterocycles. The van der Waals surface area contributed by atoms with Gasteiger partial charge >= 0.3 is 0 Å². The summed E-state index contributed by atoms with van der Waals surface area (Å²) in [6.07, 6.45) is 4.98. The minimum atomic E-state index is -0.221. The number of nitrogens with zero attached hydrogens (tertiary/aromatic N) is 2. The number of carbonyl (C=O) groups is 1. The van der Waals surface area contributed by atoms with Gasteiger partial charge in [-0.2, -0.15) is 0 Å². The van der Waals surface area contributed by atoms with E-state index >= 15 is 0 Å². The molecule has 0 aromatic carbocycles. The van der Waals surface area contributed by atoms with Gasteiger partial charge in [0.25, 0.3) is 5.91 Å². The Morgan fingerprint density at radius 1 is 1.47 bits per heavy atom. The molecule has 1 N–H and O–H groups in total. The van der Waals surface area contributed by atoms with Crippen molar-refractivity contribution in [1.82, 2.24) is 14.8 Å². The Morgan fingerprint density at radius 2 is 2.16 bits per heavy atom. The number of piperidine rings is 1. The summed E-state index contributed by atoms with van der Waals surface area (Å²) >= 11 is 0. The zero-order valence-electron chi connectivity index (χ0n) is 11.6. The molecule has 0 unspecified atom stereocenters.